The molecule has 0 amide bonds. The van der Waals surface area contributed by atoms with E-state index in [0.717, 1.165) is 16.7 Å². The number of aryl methyl sites for hydroxylation is 1. The molecule has 0 fully saturated rings. The number of nitrogens with zero attached hydrogens (tertiary/aromatic N) is 1. The van der Waals surface area contributed by atoms with Crippen molar-refractivity contribution >= 4 is 17.6 Å². The van der Waals surface area contributed by atoms with Gasteiger partial charge in [-0.15, -0.1) is 0 Å². The summed E-state index contributed by atoms with van der Waals surface area (Å²) in [5.74, 6) is 1.11. The molecule has 9 heteroatoms. The second kappa shape index (κ2) is 13.2. The summed E-state index contributed by atoms with van der Waals surface area (Å²) in [6, 6.07) is 27.4. The largest absolute Gasteiger partial charge is 0.490 e. The van der Waals surface area contributed by atoms with Gasteiger partial charge in [-0.25, -0.2) is 4.79 Å². The zero-order valence-corrected chi connectivity index (χ0v) is 24.4. The Morgan fingerprint density at radius 3 is 2.51 bits per heavy atom. The van der Waals surface area contributed by atoms with Crippen molar-refractivity contribution in [1.82, 2.24) is 0 Å². The summed E-state index contributed by atoms with van der Waals surface area (Å²) in [5.41, 5.74) is 9.85. The number of hydrogen-bond donors (Lipinski definition) is 1. The first-order valence-electron chi connectivity index (χ1n) is 13.6. The highest BCUT2D eigenvalue weighted by Crippen LogP contribution is 2.45. The third kappa shape index (κ3) is 7.03. The fraction of sp³-hybridized carbons (Fsp3) is 0.176. The molecule has 1 unspecified atom stereocenters. The second-order valence-corrected chi connectivity index (χ2v) is 10.2. The van der Waals surface area contributed by atoms with Crippen LogP contribution in [0.2, 0.25) is 5.02 Å². The Morgan fingerprint density at radius 1 is 0.953 bits per heavy atom. The van der Waals surface area contributed by atoms with Crippen LogP contribution in [0.1, 0.15) is 35.1 Å². The van der Waals surface area contributed by atoms with Crippen molar-refractivity contribution in [2.24, 2.45) is 5.73 Å². The Kier molecular flexibility index (Phi) is 9.04. The zero-order valence-electron chi connectivity index (χ0n) is 23.6. The van der Waals surface area contributed by atoms with Crippen molar-refractivity contribution < 1.29 is 28.5 Å². The van der Waals surface area contributed by atoms with Crippen LogP contribution in [0, 0.1) is 18.3 Å². The van der Waals surface area contributed by atoms with Gasteiger partial charge in [0.2, 0.25) is 5.88 Å². The number of rotatable bonds is 10. The predicted octanol–water partition coefficient (Wildman–Crippen LogP) is 6.83. The van der Waals surface area contributed by atoms with Gasteiger partial charge in [-0.05, 0) is 73.0 Å². The third-order valence-electron chi connectivity index (χ3n) is 6.68. The maximum Gasteiger partial charge on any atom is 0.349 e. The van der Waals surface area contributed by atoms with Crippen molar-refractivity contribution in [2.75, 3.05) is 13.2 Å². The molecule has 1 aliphatic heterocycles. The number of nitriles is 1. The molecular formula is C34H29ClN2O6. The SMILES string of the molecule is CCOc1cc(C2C(C#N)=C(N)Oc3cc(OC(=O)COc4cccc(C)c4)ccc32)ccc1OCc1ccc(Cl)cc1. The summed E-state index contributed by atoms with van der Waals surface area (Å²) in [4.78, 5) is 12.5. The third-order valence-corrected chi connectivity index (χ3v) is 6.93. The number of carbonyl (C=O) groups excluding carboxylic acids is 1. The quantitative estimate of drug-likeness (QED) is 0.157. The average Bonchev–Trinajstić information content (AvgIpc) is 2.99. The molecular weight excluding hydrogens is 568 g/mol. The molecule has 0 saturated carbocycles. The van der Waals surface area contributed by atoms with E-state index in [2.05, 4.69) is 6.07 Å². The molecule has 4 aromatic carbocycles. The van der Waals surface area contributed by atoms with Crippen LogP contribution in [0.15, 0.2) is 96.4 Å². The van der Waals surface area contributed by atoms with Crippen molar-refractivity contribution in [3.8, 4) is 34.8 Å². The van der Waals surface area contributed by atoms with Crippen molar-refractivity contribution in [3.63, 3.8) is 0 Å². The van der Waals surface area contributed by atoms with E-state index in [-0.39, 0.29) is 23.8 Å². The first-order chi connectivity index (χ1) is 20.8. The van der Waals surface area contributed by atoms with Gasteiger partial charge < -0.3 is 29.4 Å². The van der Waals surface area contributed by atoms with Crippen molar-refractivity contribution in [1.29, 1.82) is 5.26 Å². The zero-order chi connectivity index (χ0) is 30.3. The molecule has 0 aliphatic carbocycles. The Hall–Kier alpha value is -5.13. The predicted molar refractivity (Wildman–Crippen MR) is 161 cm³/mol. The van der Waals surface area contributed by atoms with Gasteiger partial charge in [0.15, 0.2) is 18.1 Å². The lowest BCUT2D eigenvalue weighted by atomic mass is 9.83. The fourth-order valence-corrected chi connectivity index (χ4v) is 4.81. The molecule has 1 aliphatic rings. The lowest BCUT2D eigenvalue weighted by Gasteiger charge is -2.27. The minimum absolute atomic E-state index is 0.0349. The number of carbonyl (C=O) groups is 1. The fourth-order valence-electron chi connectivity index (χ4n) is 4.68. The van der Waals surface area contributed by atoms with Gasteiger partial charge in [0.05, 0.1) is 12.5 Å². The van der Waals surface area contributed by atoms with Crippen LogP contribution in [0.5, 0.6) is 28.7 Å². The van der Waals surface area contributed by atoms with Gasteiger partial charge in [0.1, 0.15) is 35.5 Å². The maximum atomic E-state index is 12.5. The number of hydrogen-bond acceptors (Lipinski definition) is 8. The maximum absolute atomic E-state index is 12.5. The highest BCUT2D eigenvalue weighted by atomic mass is 35.5. The van der Waals surface area contributed by atoms with Crippen molar-refractivity contribution in [3.05, 3.63) is 124 Å². The molecule has 1 heterocycles. The van der Waals surface area contributed by atoms with E-state index in [4.69, 9.17) is 41.0 Å². The topological polar surface area (TPSA) is 113 Å². The van der Waals surface area contributed by atoms with Crippen LogP contribution in [0.4, 0.5) is 0 Å². The highest BCUT2D eigenvalue weighted by Gasteiger charge is 2.32. The molecule has 0 saturated heterocycles. The highest BCUT2D eigenvalue weighted by molar-refractivity contribution is 6.30. The van der Waals surface area contributed by atoms with Crippen LogP contribution in [0.3, 0.4) is 0 Å². The number of nitrogens with two attached hydrogens (primary N) is 1. The van der Waals surface area contributed by atoms with Gasteiger partial charge in [-0.2, -0.15) is 5.26 Å². The molecule has 2 N–H and O–H groups in total. The van der Waals surface area contributed by atoms with E-state index in [1.807, 2.05) is 56.3 Å². The van der Waals surface area contributed by atoms with E-state index in [9.17, 15) is 10.1 Å². The standard InChI is InChI=1S/C34H29ClN2O6/c1-3-39-31-16-23(9-14-29(31)41-19-22-7-10-24(35)11-8-22)33-27-13-12-26(17-30(27)43-34(37)28(33)18-36)42-32(38)20-40-25-6-4-5-21(2)15-25/h4-17,33H,3,19-20,37H2,1-2H3. The van der Waals surface area contributed by atoms with Gasteiger partial charge >= 0.3 is 5.97 Å². The number of allylic oxidation sites excluding steroid dienone is 1. The van der Waals surface area contributed by atoms with Gasteiger partial charge in [0.25, 0.3) is 0 Å². The normalized spacial score (nSPS) is 13.8. The van der Waals surface area contributed by atoms with Crippen LogP contribution < -0.4 is 29.4 Å². The van der Waals surface area contributed by atoms with Gasteiger partial charge in [-0.1, -0.05) is 48.0 Å². The first-order valence-corrected chi connectivity index (χ1v) is 14.0. The van der Waals surface area contributed by atoms with E-state index < -0.39 is 11.9 Å². The number of esters is 1. The summed E-state index contributed by atoms with van der Waals surface area (Å²) >= 11 is 5.99. The van der Waals surface area contributed by atoms with Crippen LogP contribution in [-0.4, -0.2) is 19.2 Å². The summed E-state index contributed by atoms with van der Waals surface area (Å²) in [6.45, 7) is 4.29. The van der Waals surface area contributed by atoms with E-state index in [0.29, 0.717) is 46.8 Å². The number of benzene rings is 4. The minimum atomic E-state index is -0.578. The summed E-state index contributed by atoms with van der Waals surface area (Å²) in [6.07, 6.45) is 0. The van der Waals surface area contributed by atoms with E-state index >= 15 is 0 Å². The lowest BCUT2D eigenvalue weighted by Crippen LogP contribution is -2.22. The molecule has 0 bridgehead atoms. The van der Waals surface area contributed by atoms with E-state index in [1.165, 1.54) is 0 Å². The Balaban J connectivity index is 1.37. The molecule has 8 nitrogen and oxygen atoms in total. The molecule has 0 radical (unpaired) electrons. The molecule has 4 aromatic rings. The molecule has 5 rings (SSSR count). The first kappa shape index (κ1) is 29.4. The molecule has 218 valence electrons. The smallest absolute Gasteiger partial charge is 0.349 e. The van der Waals surface area contributed by atoms with Crippen LogP contribution in [-0.2, 0) is 11.4 Å². The Bertz CT molecular complexity index is 1710. The second-order valence-electron chi connectivity index (χ2n) is 9.76. The number of ether oxygens (including phenoxy) is 5. The van der Waals surface area contributed by atoms with Crippen molar-refractivity contribution in [2.45, 2.75) is 26.4 Å². The molecule has 1 atom stereocenters. The van der Waals surface area contributed by atoms with Crippen LogP contribution >= 0.6 is 11.6 Å². The monoisotopic (exact) mass is 596 g/mol. The number of fused-ring (bicyclic) bond motifs is 1. The average molecular weight is 597 g/mol. The van der Waals surface area contributed by atoms with Crippen LogP contribution in [0.25, 0.3) is 0 Å². The minimum Gasteiger partial charge on any atom is -0.490 e. The van der Waals surface area contributed by atoms with Gasteiger partial charge in [0, 0.05) is 16.7 Å². The molecule has 43 heavy (non-hydrogen) atoms. The summed E-state index contributed by atoms with van der Waals surface area (Å²) in [7, 11) is 0. The van der Waals surface area contributed by atoms with Gasteiger partial charge in [-0.3, -0.25) is 0 Å². The lowest BCUT2D eigenvalue weighted by molar-refractivity contribution is -0.136. The molecule has 0 aromatic heterocycles. The summed E-state index contributed by atoms with van der Waals surface area (Å²) in [5, 5.41) is 10.7. The Morgan fingerprint density at radius 2 is 1.77 bits per heavy atom. The Labute approximate surface area is 254 Å². The summed E-state index contributed by atoms with van der Waals surface area (Å²) < 4.78 is 28.8. The molecule has 0 spiro atoms. The van der Waals surface area contributed by atoms with E-state index in [1.54, 1.807) is 42.5 Å². The number of halogens is 1.